The Kier molecular flexibility index (Phi) is 6.45. The van der Waals surface area contributed by atoms with Crippen LogP contribution in [0, 0.1) is 0 Å². The first-order valence-electron chi connectivity index (χ1n) is 6.64. The number of hydrogen-bond donors (Lipinski definition) is 2. The Morgan fingerprint density at radius 2 is 1.95 bits per heavy atom. The molecule has 116 valence electrons. The van der Waals surface area contributed by atoms with E-state index in [0.29, 0.717) is 17.9 Å². The van der Waals surface area contributed by atoms with Crippen LogP contribution >= 0.6 is 12.4 Å². The molecule has 0 bridgehead atoms. The lowest BCUT2D eigenvalue weighted by Gasteiger charge is -2.23. The van der Waals surface area contributed by atoms with Gasteiger partial charge in [0.15, 0.2) is 6.61 Å². The van der Waals surface area contributed by atoms with Gasteiger partial charge in [0.25, 0.3) is 5.91 Å². The van der Waals surface area contributed by atoms with Crippen LogP contribution in [0.5, 0.6) is 5.75 Å². The molecule has 1 aromatic rings. The first-order chi connectivity index (χ1) is 9.61. The van der Waals surface area contributed by atoms with Crippen molar-refractivity contribution in [3.05, 3.63) is 29.8 Å². The molecule has 0 aromatic heterocycles. The second-order valence-electron chi connectivity index (χ2n) is 4.80. The fraction of sp³-hybridized carbons (Fsp3) is 0.429. The molecule has 0 radical (unpaired) electrons. The number of halogens is 1. The Bertz CT molecular complexity index is 493. The highest BCUT2D eigenvalue weighted by atomic mass is 35.5. The van der Waals surface area contributed by atoms with Gasteiger partial charge < -0.3 is 21.1 Å². The average Bonchev–Trinajstić information content (AvgIpc) is 2.93. The van der Waals surface area contributed by atoms with Crippen LogP contribution in [-0.2, 0) is 4.79 Å². The standard InChI is InChI=1S/C14H19N3O3.ClH/c15-8-11-2-1-7-17(11)13(18)9-20-12-5-3-10(4-6-12)14(16)19;/h3-6,11H,1-2,7-9,15H2,(H2,16,19);1H. The summed E-state index contributed by atoms with van der Waals surface area (Å²) in [5.41, 5.74) is 11.2. The van der Waals surface area contributed by atoms with E-state index in [9.17, 15) is 9.59 Å². The molecule has 1 saturated heterocycles. The van der Waals surface area contributed by atoms with Crippen LogP contribution in [0.1, 0.15) is 23.2 Å². The zero-order chi connectivity index (χ0) is 14.5. The first-order valence-corrected chi connectivity index (χ1v) is 6.64. The molecular formula is C14H20ClN3O3. The van der Waals surface area contributed by atoms with Crippen LogP contribution in [0.3, 0.4) is 0 Å². The number of amides is 2. The molecule has 1 unspecified atom stereocenters. The molecule has 0 aliphatic carbocycles. The van der Waals surface area contributed by atoms with Gasteiger partial charge in [-0.05, 0) is 37.1 Å². The van der Waals surface area contributed by atoms with Crippen molar-refractivity contribution in [1.29, 1.82) is 0 Å². The van der Waals surface area contributed by atoms with Crippen LogP contribution in [-0.4, -0.2) is 42.5 Å². The number of carbonyl (C=O) groups excluding carboxylic acids is 2. The van der Waals surface area contributed by atoms with Gasteiger partial charge >= 0.3 is 0 Å². The molecule has 1 aliphatic heterocycles. The van der Waals surface area contributed by atoms with Gasteiger partial charge in [0, 0.05) is 24.7 Å². The number of nitrogens with zero attached hydrogens (tertiary/aromatic N) is 1. The molecule has 6 nitrogen and oxygen atoms in total. The maximum Gasteiger partial charge on any atom is 0.260 e. The normalized spacial score (nSPS) is 17.2. The predicted octanol–water partition coefficient (Wildman–Crippen LogP) is 0.536. The number of ether oxygens (including phenoxy) is 1. The minimum atomic E-state index is -0.490. The molecule has 2 amide bonds. The lowest BCUT2D eigenvalue weighted by Crippen LogP contribution is -2.42. The van der Waals surface area contributed by atoms with Crippen molar-refractivity contribution in [2.75, 3.05) is 19.7 Å². The second-order valence-corrected chi connectivity index (χ2v) is 4.80. The Labute approximate surface area is 129 Å². The smallest absolute Gasteiger partial charge is 0.260 e. The fourth-order valence-electron chi connectivity index (χ4n) is 2.35. The Morgan fingerprint density at radius 1 is 1.29 bits per heavy atom. The van der Waals surface area contributed by atoms with Gasteiger partial charge in [0.1, 0.15) is 5.75 Å². The molecule has 1 aliphatic rings. The highest BCUT2D eigenvalue weighted by Crippen LogP contribution is 2.17. The van der Waals surface area contributed by atoms with Crippen molar-refractivity contribution in [1.82, 2.24) is 4.90 Å². The fourth-order valence-corrected chi connectivity index (χ4v) is 2.35. The summed E-state index contributed by atoms with van der Waals surface area (Å²) in [5.74, 6) is -0.0146. The second kappa shape index (κ2) is 7.85. The lowest BCUT2D eigenvalue weighted by atomic mass is 10.2. The molecule has 7 heteroatoms. The summed E-state index contributed by atoms with van der Waals surface area (Å²) in [6.07, 6.45) is 1.94. The van der Waals surface area contributed by atoms with Gasteiger partial charge in [0.2, 0.25) is 5.91 Å². The van der Waals surface area contributed by atoms with Crippen LogP contribution < -0.4 is 16.2 Å². The molecule has 0 spiro atoms. The highest BCUT2D eigenvalue weighted by Gasteiger charge is 2.27. The SMILES string of the molecule is Cl.NCC1CCCN1C(=O)COc1ccc(C(N)=O)cc1. The number of carbonyl (C=O) groups is 2. The summed E-state index contributed by atoms with van der Waals surface area (Å²) in [6, 6.07) is 6.51. The van der Waals surface area contributed by atoms with Crippen LogP contribution in [0.25, 0.3) is 0 Å². The number of primary amides is 1. The van der Waals surface area contributed by atoms with E-state index in [1.54, 1.807) is 29.2 Å². The van der Waals surface area contributed by atoms with Crippen molar-refractivity contribution in [2.24, 2.45) is 11.5 Å². The van der Waals surface area contributed by atoms with Crippen molar-refractivity contribution >= 4 is 24.2 Å². The van der Waals surface area contributed by atoms with E-state index in [0.717, 1.165) is 19.4 Å². The summed E-state index contributed by atoms with van der Waals surface area (Å²) in [6.45, 7) is 1.20. The molecule has 21 heavy (non-hydrogen) atoms. The van der Waals surface area contributed by atoms with Gasteiger partial charge in [-0.3, -0.25) is 9.59 Å². The molecule has 4 N–H and O–H groups in total. The van der Waals surface area contributed by atoms with E-state index < -0.39 is 5.91 Å². The molecule has 1 fully saturated rings. The van der Waals surface area contributed by atoms with E-state index >= 15 is 0 Å². The van der Waals surface area contributed by atoms with Crippen LogP contribution in [0.4, 0.5) is 0 Å². The van der Waals surface area contributed by atoms with Gasteiger partial charge in [-0.25, -0.2) is 0 Å². The third kappa shape index (κ3) is 4.34. The molecule has 1 aromatic carbocycles. The van der Waals surface area contributed by atoms with E-state index in [2.05, 4.69) is 0 Å². The first kappa shape index (κ1) is 17.3. The minimum Gasteiger partial charge on any atom is -0.484 e. The Morgan fingerprint density at radius 3 is 2.52 bits per heavy atom. The van der Waals surface area contributed by atoms with Crippen LogP contribution in [0.2, 0.25) is 0 Å². The van der Waals surface area contributed by atoms with Crippen LogP contribution in [0.15, 0.2) is 24.3 Å². The maximum atomic E-state index is 12.0. The van der Waals surface area contributed by atoms with Crippen molar-refractivity contribution < 1.29 is 14.3 Å². The maximum absolute atomic E-state index is 12.0. The number of likely N-dealkylation sites (tertiary alicyclic amines) is 1. The Hall–Kier alpha value is -1.79. The van der Waals surface area contributed by atoms with E-state index in [4.69, 9.17) is 16.2 Å². The van der Waals surface area contributed by atoms with E-state index in [1.807, 2.05) is 0 Å². The van der Waals surface area contributed by atoms with Gasteiger partial charge in [-0.15, -0.1) is 12.4 Å². The van der Waals surface area contributed by atoms with E-state index in [-0.39, 0.29) is 31.0 Å². The molecule has 1 heterocycles. The lowest BCUT2D eigenvalue weighted by molar-refractivity contribution is -0.134. The summed E-state index contributed by atoms with van der Waals surface area (Å²) in [7, 11) is 0. The number of benzene rings is 1. The van der Waals surface area contributed by atoms with Gasteiger partial charge in [0.05, 0.1) is 0 Å². The number of rotatable bonds is 5. The monoisotopic (exact) mass is 313 g/mol. The molecule has 1 atom stereocenters. The summed E-state index contributed by atoms with van der Waals surface area (Å²) >= 11 is 0. The van der Waals surface area contributed by atoms with Crippen molar-refractivity contribution in [3.63, 3.8) is 0 Å². The minimum absolute atomic E-state index is 0. The largest absolute Gasteiger partial charge is 0.484 e. The van der Waals surface area contributed by atoms with Gasteiger partial charge in [-0.1, -0.05) is 0 Å². The molecule has 0 saturated carbocycles. The van der Waals surface area contributed by atoms with Gasteiger partial charge in [-0.2, -0.15) is 0 Å². The summed E-state index contributed by atoms with van der Waals surface area (Å²) in [5, 5.41) is 0. The average molecular weight is 314 g/mol. The highest BCUT2D eigenvalue weighted by molar-refractivity contribution is 5.92. The summed E-state index contributed by atoms with van der Waals surface area (Å²) < 4.78 is 5.42. The van der Waals surface area contributed by atoms with Crippen molar-refractivity contribution in [3.8, 4) is 5.75 Å². The third-order valence-corrected chi connectivity index (χ3v) is 3.47. The predicted molar refractivity (Wildman–Crippen MR) is 81.5 cm³/mol. The number of nitrogens with two attached hydrogens (primary N) is 2. The third-order valence-electron chi connectivity index (χ3n) is 3.47. The zero-order valence-electron chi connectivity index (χ0n) is 11.7. The number of hydrogen-bond acceptors (Lipinski definition) is 4. The topological polar surface area (TPSA) is 98.7 Å². The van der Waals surface area contributed by atoms with E-state index in [1.165, 1.54) is 0 Å². The Balaban J connectivity index is 0.00000220. The summed E-state index contributed by atoms with van der Waals surface area (Å²) in [4.78, 5) is 24.7. The zero-order valence-corrected chi connectivity index (χ0v) is 12.5. The quantitative estimate of drug-likeness (QED) is 0.828. The molecular weight excluding hydrogens is 294 g/mol. The van der Waals surface area contributed by atoms with Crippen molar-refractivity contribution in [2.45, 2.75) is 18.9 Å². The molecule has 2 rings (SSSR count).